The molecule has 0 bridgehead atoms. The number of aromatic nitrogens is 1. The van der Waals surface area contributed by atoms with Crippen LogP contribution in [-0.2, 0) is 19.6 Å². The summed E-state index contributed by atoms with van der Waals surface area (Å²) >= 11 is 0. The Kier molecular flexibility index (Phi) is 4.57. The van der Waals surface area contributed by atoms with Gasteiger partial charge in [-0.05, 0) is 20.8 Å². The summed E-state index contributed by atoms with van der Waals surface area (Å²) in [5, 5.41) is 3.77. The Bertz CT molecular complexity index is 826. The Labute approximate surface area is 159 Å². The maximum absolute atomic E-state index is 13.2. The molecule has 27 heavy (non-hydrogen) atoms. The van der Waals surface area contributed by atoms with E-state index in [4.69, 9.17) is 9.26 Å². The average Bonchev–Trinajstić information content (AvgIpc) is 3.11. The highest BCUT2D eigenvalue weighted by Gasteiger charge is 2.58. The van der Waals surface area contributed by atoms with Crippen LogP contribution in [-0.4, -0.2) is 84.7 Å². The van der Waals surface area contributed by atoms with Crippen molar-refractivity contribution in [2.75, 3.05) is 39.4 Å². The van der Waals surface area contributed by atoms with Gasteiger partial charge in [0.05, 0.1) is 13.2 Å². The SMILES string of the molecule is CCN1C(=O)[C@H]2CN(S(=O)(=O)c3c(C)noc3C)CCN2C12CCOCC2. The van der Waals surface area contributed by atoms with Gasteiger partial charge in [0.25, 0.3) is 0 Å². The number of sulfonamides is 1. The third-order valence-electron chi connectivity index (χ3n) is 6.11. The molecule has 1 amide bonds. The fourth-order valence-electron chi connectivity index (χ4n) is 4.90. The van der Waals surface area contributed by atoms with Gasteiger partial charge < -0.3 is 14.2 Å². The lowest BCUT2D eigenvalue weighted by Gasteiger charge is -2.48. The fraction of sp³-hybridized carbons (Fsp3) is 0.765. The quantitative estimate of drug-likeness (QED) is 0.724. The molecule has 1 spiro atoms. The molecular formula is C17H26N4O5S. The van der Waals surface area contributed by atoms with Gasteiger partial charge in [-0.25, -0.2) is 8.42 Å². The van der Waals surface area contributed by atoms with Crippen molar-refractivity contribution >= 4 is 15.9 Å². The molecule has 3 saturated heterocycles. The third-order valence-corrected chi connectivity index (χ3v) is 8.22. The number of aryl methyl sites for hydroxylation is 2. The van der Waals surface area contributed by atoms with Crippen LogP contribution in [0.5, 0.6) is 0 Å². The van der Waals surface area contributed by atoms with E-state index in [0.29, 0.717) is 38.5 Å². The molecule has 0 radical (unpaired) electrons. The van der Waals surface area contributed by atoms with E-state index in [1.54, 1.807) is 13.8 Å². The molecule has 0 aliphatic carbocycles. The van der Waals surface area contributed by atoms with Crippen molar-refractivity contribution in [3.63, 3.8) is 0 Å². The first-order valence-electron chi connectivity index (χ1n) is 9.42. The minimum atomic E-state index is -3.75. The second-order valence-corrected chi connectivity index (χ2v) is 9.28. The number of likely N-dealkylation sites (N-methyl/N-ethyl adjacent to an activating group) is 1. The summed E-state index contributed by atoms with van der Waals surface area (Å²) in [4.78, 5) is 17.4. The topological polar surface area (TPSA) is 96.2 Å². The molecule has 1 aromatic rings. The molecular weight excluding hydrogens is 372 g/mol. The van der Waals surface area contributed by atoms with Crippen LogP contribution in [0.15, 0.2) is 9.42 Å². The molecule has 3 aliphatic rings. The van der Waals surface area contributed by atoms with Crippen molar-refractivity contribution in [3.05, 3.63) is 11.5 Å². The lowest BCUT2D eigenvalue weighted by Crippen LogP contribution is -2.62. The van der Waals surface area contributed by atoms with Crippen LogP contribution in [0.4, 0.5) is 0 Å². The van der Waals surface area contributed by atoms with Crippen LogP contribution in [0.2, 0.25) is 0 Å². The Morgan fingerprint density at radius 2 is 1.93 bits per heavy atom. The zero-order valence-corrected chi connectivity index (χ0v) is 16.8. The Morgan fingerprint density at radius 3 is 2.52 bits per heavy atom. The second-order valence-electron chi connectivity index (χ2n) is 7.40. The van der Waals surface area contributed by atoms with Gasteiger partial charge >= 0.3 is 0 Å². The van der Waals surface area contributed by atoms with Crippen LogP contribution in [0.25, 0.3) is 0 Å². The van der Waals surface area contributed by atoms with Crippen LogP contribution in [0.1, 0.15) is 31.2 Å². The normalized spacial score (nSPS) is 26.7. The Balaban J connectivity index is 1.65. The fourth-order valence-corrected chi connectivity index (χ4v) is 6.63. The molecule has 1 atom stereocenters. The average molecular weight is 398 g/mol. The van der Waals surface area contributed by atoms with E-state index in [0.717, 1.165) is 12.8 Å². The van der Waals surface area contributed by atoms with Crippen molar-refractivity contribution in [1.29, 1.82) is 0 Å². The highest BCUT2D eigenvalue weighted by Crippen LogP contribution is 2.41. The van der Waals surface area contributed by atoms with Gasteiger partial charge in [0.15, 0.2) is 5.76 Å². The molecule has 0 N–H and O–H groups in total. The van der Waals surface area contributed by atoms with Crippen molar-refractivity contribution in [1.82, 2.24) is 19.3 Å². The van der Waals surface area contributed by atoms with Crippen molar-refractivity contribution in [2.45, 2.75) is 50.2 Å². The minimum absolute atomic E-state index is 0.0121. The summed E-state index contributed by atoms with van der Waals surface area (Å²) in [5.41, 5.74) is 0.0111. The van der Waals surface area contributed by atoms with Crippen LogP contribution >= 0.6 is 0 Å². The molecule has 0 saturated carbocycles. The Hall–Kier alpha value is -1.49. The second kappa shape index (κ2) is 6.54. The highest BCUT2D eigenvalue weighted by molar-refractivity contribution is 7.89. The molecule has 3 aliphatic heterocycles. The lowest BCUT2D eigenvalue weighted by atomic mass is 9.97. The summed E-state index contributed by atoms with van der Waals surface area (Å²) < 4.78 is 38.3. The van der Waals surface area contributed by atoms with Gasteiger partial charge in [-0.2, -0.15) is 4.31 Å². The van der Waals surface area contributed by atoms with E-state index in [2.05, 4.69) is 10.1 Å². The third kappa shape index (κ3) is 2.65. The summed E-state index contributed by atoms with van der Waals surface area (Å²) in [6, 6.07) is -0.452. The molecule has 0 unspecified atom stereocenters. The first-order valence-corrected chi connectivity index (χ1v) is 10.9. The number of piperazine rings is 1. The van der Waals surface area contributed by atoms with Crippen LogP contribution < -0.4 is 0 Å². The van der Waals surface area contributed by atoms with E-state index in [-0.39, 0.29) is 28.8 Å². The number of rotatable bonds is 3. The monoisotopic (exact) mass is 398 g/mol. The molecule has 3 fully saturated rings. The summed E-state index contributed by atoms with van der Waals surface area (Å²) in [6.07, 6.45) is 1.53. The van der Waals surface area contributed by atoms with Gasteiger partial charge in [-0.3, -0.25) is 9.69 Å². The number of carbonyl (C=O) groups excluding carboxylic acids is 1. The summed E-state index contributed by atoms with van der Waals surface area (Å²) in [7, 11) is -3.75. The smallest absolute Gasteiger partial charge is 0.248 e. The number of hydrogen-bond acceptors (Lipinski definition) is 7. The van der Waals surface area contributed by atoms with Crippen molar-refractivity contribution in [2.24, 2.45) is 0 Å². The first-order chi connectivity index (χ1) is 12.8. The largest absolute Gasteiger partial charge is 0.381 e. The first kappa shape index (κ1) is 18.9. The highest BCUT2D eigenvalue weighted by atomic mass is 32.2. The molecule has 9 nitrogen and oxygen atoms in total. The lowest BCUT2D eigenvalue weighted by molar-refractivity contribution is -0.135. The van der Waals surface area contributed by atoms with Crippen molar-refractivity contribution in [3.8, 4) is 0 Å². The maximum Gasteiger partial charge on any atom is 0.248 e. The number of ether oxygens (including phenoxy) is 1. The van der Waals surface area contributed by atoms with Crippen LogP contribution in [0.3, 0.4) is 0 Å². The maximum atomic E-state index is 13.2. The van der Waals surface area contributed by atoms with Gasteiger partial charge in [0.1, 0.15) is 22.3 Å². The molecule has 4 rings (SSSR count). The van der Waals surface area contributed by atoms with E-state index >= 15 is 0 Å². The van der Waals surface area contributed by atoms with E-state index < -0.39 is 16.1 Å². The number of carbonyl (C=O) groups is 1. The van der Waals surface area contributed by atoms with E-state index in [1.807, 2.05) is 11.8 Å². The summed E-state index contributed by atoms with van der Waals surface area (Å²) in [6.45, 7) is 8.07. The van der Waals surface area contributed by atoms with E-state index in [1.165, 1.54) is 4.31 Å². The van der Waals surface area contributed by atoms with Gasteiger partial charge in [0, 0.05) is 39.0 Å². The van der Waals surface area contributed by atoms with Crippen LogP contribution in [0, 0.1) is 13.8 Å². The predicted octanol–water partition coefficient (Wildman–Crippen LogP) is 0.335. The zero-order valence-electron chi connectivity index (χ0n) is 16.0. The molecule has 1 aromatic heterocycles. The van der Waals surface area contributed by atoms with Gasteiger partial charge in [-0.1, -0.05) is 5.16 Å². The van der Waals surface area contributed by atoms with Crippen molar-refractivity contribution < 1.29 is 22.5 Å². The number of amides is 1. The van der Waals surface area contributed by atoms with Gasteiger partial charge in [0.2, 0.25) is 15.9 Å². The molecule has 0 aromatic carbocycles. The number of hydrogen-bond donors (Lipinski definition) is 0. The molecule has 4 heterocycles. The predicted molar refractivity (Wildman–Crippen MR) is 95.4 cm³/mol. The van der Waals surface area contributed by atoms with Gasteiger partial charge in [-0.15, -0.1) is 0 Å². The number of nitrogens with zero attached hydrogens (tertiary/aromatic N) is 4. The molecule has 10 heteroatoms. The summed E-state index contributed by atoms with van der Waals surface area (Å²) in [5.74, 6) is 0.293. The van der Waals surface area contributed by atoms with E-state index in [9.17, 15) is 13.2 Å². The zero-order chi connectivity index (χ0) is 19.4. The molecule has 150 valence electrons. The standard InChI is InChI=1S/C17H26N4O5S/c1-4-20-16(22)14-11-19(27(23,24)15-12(2)18-26-13(15)3)7-8-21(14)17(20)5-9-25-10-6-17/h14H,4-11H2,1-3H3/t14-/m1/s1. The number of fused-ring (bicyclic) bond motifs is 2. The Morgan fingerprint density at radius 1 is 1.22 bits per heavy atom. The minimum Gasteiger partial charge on any atom is -0.381 e.